The molecular formula is C13H19NO2. The molecule has 0 bridgehead atoms. The highest BCUT2D eigenvalue weighted by atomic mass is 16.6. The molecule has 0 aliphatic heterocycles. The first kappa shape index (κ1) is 12.7. The molecule has 0 aliphatic carbocycles. The Kier molecular flexibility index (Phi) is 3.70. The van der Waals surface area contributed by atoms with Crippen LogP contribution in [0.25, 0.3) is 0 Å². The van der Waals surface area contributed by atoms with Crippen molar-refractivity contribution in [2.24, 2.45) is 5.73 Å². The highest BCUT2D eigenvalue weighted by Crippen LogP contribution is 2.15. The van der Waals surface area contributed by atoms with E-state index in [4.69, 9.17) is 10.5 Å². The third kappa shape index (κ3) is 3.66. The van der Waals surface area contributed by atoms with Crippen LogP contribution in [0.5, 0.6) is 0 Å². The molecule has 0 fully saturated rings. The lowest BCUT2D eigenvalue weighted by Gasteiger charge is -2.19. The van der Waals surface area contributed by atoms with Crippen molar-refractivity contribution in [2.75, 3.05) is 0 Å². The normalized spacial score (nSPS) is 13.3. The van der Waals surface area contributed by atoms with Crippen molar-refractivity contribution in [1.29, 1.82) is 0 Å². The summed E-state index contributed by atoms with van der Waals surface area (Å²) in [6.07, 6.45) is 0. The van der Waals surface area contributed by atoms with E-state index in [1.165, 1.54) is 0 Å². The smallest absolute Gasteiger partial charge is 0.338 e. The van der Waals surface area contributed by atoms with Crippen molar-refractivity contribution >= 4 is 5.97 Å². The Labute approximate surface area is 96.6 Å². The van der Waals surface area contributed by atoms with Gasteiger partial charge in [-0.1, -0.05) is 12.1 Å². The van der Waals surface area contributed by atoms with Gasteiger partial charge in [0.15, 0.2) is 0 Å². The fraction of sp³-hybridized carbons (Fsp3) is 0.462. The van der Waals surface area contributed by atoms with Crippen LogP contribution in [0.3, 0.4) is 0 Å². The molecule has 0 amide bonds. The number of benzene rings is 1. The molecular weight excluding hydrogens is 202 g/mol. The number of carbonyl (C=O) groups excluding carboxylic acids is 1. The van der Waals surface area contributed by atoms with E-state index in [1.54, 1.807) is 12.1 Å². The molecule has 16 heavy (non-hydrogen) atoms. The second kappa shape index (κ2) is 4.66. The van der Waals surface area contributed by atoms with Crippen LogP contribution in [0.15, 0.2) is 24.3 Å². The molecule has 1 aromatic rings. The van der Waals surface area contributed by atoms with Crippen LogP contribution in [-0.4, -0.2) is 11.6 Å². The van der Waals surface area contributed by atoms with Crippen molar-refractivity contribution in [3.05, 3.63) is 35.4 Å². The summed E-state index contributed by atoms with van der Waals surface area (Å²) in [6, 6.07) is 7.15. The number of esters is 1. The lowest BCUT2D eigenvalue weighted by molar-refractivity contribution is 0.00694. The summed E-state index contributed by atoms with van der Waals surface area (Å²) in [4.78, 5) is 11.8. The molecule has 0 saturated heterocycles. The van der Waals surface area contributed by atoms with Gasteiger partial charge in [-0.15, -0.1) is 0 Å². The van der Waals surface area contributed by atoms with Crippen LogP contribution in [0.4, 0.5) is 0 Å². The van der Waals surface area contributed by atoms with E-state index in [1.807, 2.05) is 39.8 Å². The predicted molar refractivity (Wildman–Crippen MR) is 64.2 cm³/mol. The van der Waals surface area contributed by atoms with Gasteiger partial charge in [0.05, 0.1) is 5.56 Å². The van der Waals surface area contributed by atoms with E-state index < -0.39 is 5.60 Å². The van der Waals surface area contributed by atoms with Crippen LogP contribution in [0, 0.1) is 0 Å². The molecule has 0 heterocycles. The number of rotatable bonds is 2. The zero-order valence-electron chi connectivity index (χ0n) is 10.3. The van der Waals surface area contributed by atoms with E-state index >= 15 is 0 Å². The molecule has 2 N–H and O–H groups in total. The van der Waals surface area contributed by atoms with Crippen LogP contribution < -0.4 is 5.73 Å². The van der Waals surface area contributed by atoms with Crippen LogP contribution in [-0.2, 0) is 4.74 Å². The monoisotopic (exact) mass is 221 g/mol. The number of hydrogen-bond acceptors (Lipinski definition) is 3. The van der Waals surface area contributed by atoms with Crippen LogP contribution in [0.1, 0.15) is 49.7 Å². The minimum atomic E-state index is -0.471. The number of nitrogens with two attached hydrogens (primary N) is 1. The summed E-state index contributed by atoms with van der Waals surface area (Å²) in [7, 11) is 0. The lowest BCUT2D eigenvalue weighted by atomic mass is 10.1. The predicted octanol–water partition coefficient (Wildman–Crippen LogP) is 2.66. The van der Waals surface area contributed by atoms with Crippen molar-refractivity contribution in [2.45, 2.75) is 39.3 Å². The van der Waals surface area contributed by atoms with Crippen LogP contribution in [0.2, 0.25) is 0 Å². The summed E-state index contributed by atoms with van der Waals surface area (Å²) in [5.41, 5.74) is 6.77. The molecule has 0 unspecified atom stereocenters. The molecule has 1 aromatic carbocycles. The standard InChI is InChI=1S/C13H19NO2/c1-9(14)10-6-5-7-11(8-10)12(15)16-13(2,3)4/h5-9H,14H2,1-4H3/t9-/m1/s1. The first-order valence-electron chi connectivity index (χ1n) is 5.38. The molecule has 0 aromatic heterocycles. The van der Waals surface area contributed by atoms with Crippen molar-refractivity contribution in [3.63, 3.8) is 0 Å². The number of carbonyl (C=O) groups is 1. The largest absolute Gasteiger partial charge is 0.456 e. The molecule has 0 aliphatic rings. The minimum Gasteiger partial charge on any atom is -0.456 e. The number of ether oxygens (including phenoxy) is 1. The second-order valence-electron chi connectivity index (χ2n) is 4.92. The van der Waals surface area contributed by atoms with Gasteiger partial charge in [-0.25, -0.2) is 4.79 Å². The zero-order chi connectivity index (χ0) is 12.3. The Morgan fingerprint density at radius 2 is 2.00 bits per heavy atom. The molecule has 3 nitrogen and oxygen atoms in total. The third-order valence-electron chi connectivity index (χ3n) is 2.05. The lowest BCUT2D eigenvalue weighted by Crippen LogP contribution is -2.24. The summed E-state index contributed by atoms with van der Waals surface area (Å²) in [6.45, 7) is 7.43. The first-order chi connectivity index (χ1) is 7.29. The maximum absolute atomic E-state index is 11.8. The SMILES string of the molecule is C[C@@H](N)c1cccc(C(=O)OC(C)(C)C)c1. The van der Waals surface area contributed by atoms with E-state index in [0.29, 0.717) is 5.56 Å². The third-order valence-corrected chi connectivity index (χ3v) is 2.05. The Hall–Kier alpha value is -1.35. The van der Waals surface area contributed by atoms with Gasteiger partial charge in [0, 0.05) is 6.04 Å². The maximum atomic E-state index is 11.8. The Morgan fingerprint density at radius 1 is 1.38 bits per heavy atom. The summed E-state index contributed by atoms with van der Waals surface area (Å²) in [5.74, 6) is -0.310. The van der Waals surface area contributed by atoms with Gasteiger partial charge < -0.3 is 10.5 Å². The molecule has 1 rings (SSSR count). The van der Waals surface area contributed by atoms with Crippen molar-refractivity contribution in [1.82, 2.24) is 0 Å². The molecule has 88 valence electrons. The number of hydrogen-bond donors (Lipinski definition) is 1. The molecule has 0 radical (unpaired) electrons. The highest BCUT2D eigenvalue weighted by Gasteiger charge is 2.18. The minimum absolute atomic E-state index is 0.0811. The highest BCUT2D eigenvalue weighted by molar-refractivity contribution is 5.89. The maximum Gasteiger partial charge on any atom is 0.338 e. The molecule has 0 saturated carbocycles. The van der Waals surface area contributed by atoms with Crippen LogP contribution >= 0.6 is 0 Å². The molecule has 1 atom stereocenters. The Balaban J connectivity index is 2.88. The van der Waals surface area contributed by atoms with E-state index in [2.05, 4.69) is 0 Å². The van der Waals surface area contributed by atoms with Gasteiger partial charge in [0.1, 0.15) is 5.60 Å². The molecule has 3 heteroatoms. The second-order valence-corrected chi connectivity index (χ2v) is 4.92. The fourth-order valence-corrected chi connectivity index (χ4v) is 1.29. The van der Waals surface area contributed by atoms with Gasteiger partial charge in [-0.05, 0) is 45.4 Å². The fourth-order valence-electron chi connectivity index (χ4n) is 1.29. The van der Waals surface area contributed by atoms with Gasteiger partial charge in [0.25, 0.3) is 0 Å². The summed E-state index contributed by atoms with van der Waals surface area (Å²) in [5, 5.41) is 0. The average molecular weight is 221 g/mol. The van der Waals surface area contributed by atoms with Gasteiger partial charge in [-0.3, -0.25) is 0 Å². The summed E-state index contributed by atoms with van der Waals surface area (Å²) < 4.78 is 5.28. The van der Waals surface area contributed by atoms with E-state index in [9.17, 15) is 4.79 Å². The average Bonchev–Trinajstić information content (AvgIpc) is 2.15. The van der Waals surface area contributed by atoms with Crippen molar-refractivity contribution in [3.8, 4) is 0 Å². The Bertz CT molecular complexity index is 378. The molecule has 0 spiro atoms. The topological polar surface area (TPSA) is 52.3 Å². The van der Waals surface area contributed by atoms with Gasteiger partial charge >= 0.3 is 5.97 Å². The van der Waals surface area contributed by atoms with E-state index in [0.717, 1.165) is 5.56 Å². The van der Waals surface area contributed by atoms with Gasteiger partial charge in [0.2, 0.25) is 0 Å². The van der Waals surface area contributed by atoms with Crippen molar-refractivity contribution < 1.29 is 9.53 Å². The Morgan fingerprint density at radius 3 is 2.50 bits per heavy atom. The van der Waals surface area contributed by atoms with E-state index in [-0.39, 0.29) is 12.0 Å². The summed E-state index contributed by atoms with van der Waals surface area (Å²) >= 11 is 0. The quantitative estimate of drug-likeness (QED) is 0.781. The first-order valence-corrected chi connectivity index (χ1v) is 5.38. The zero-order valence-corrected chi connectivity index (χ0v) is 10.3. The van der Waals surface area contributed by atoms with Gasteiger partial charge in [-0.2, -0.15) is 0 Å².